The molecule has 6 nitrogen and oxygen atoms in total. The first-order chi connectivity index (χ1) is 8.25. The Balaban J connectivity index is 1.79. The molecule has 1 saturated heterocycles. The summed E-state index contributed by atoms with van der Waals surface area (Å²) >= 11 is 0. The lowest BCUT2D eigenvalue weighted by Crippen LogP contribution is -2.37. The zero-order valence-corrected chi connectivity index (χ0v) is 9.93. The van der Waals surface area contributed by atoms with Crippen LogP contribution in [0.1, 0.15) is 12.1 Å². The van der Waals surface area contributed by atoms with E-state index in [9.17, 15) is 0 Å². The van der Waals surface area contributed by atoms with Crippen molar-refractivity contribution < 1.29 is 4.74 Å². The fraction of sp³-hybridized carbons (Fsp3) is 0.636. The van der Waals surface area contributed by atoms with Gasteiger partial charge in [-0.25, -0.2) is 9.97 Å². The Morgan fingerprint density at radius 2 is 2.06 bits per heavy atom. The zero-order chi connectivity index (χ0) is 12.1. The second kappa shape index (κ2) is 5.79. The Morgan fingerprint density at radius 3 is 2.82 bits per heavy atom. The Hall–Kier alpha value is -1.40. The van der Waals surface area contributed by atoms with E-state index in [4.69, 9.17) is 16.2 Å². The minimum Gasteiger partial charge on any atom is -0.396 e. The second-order valence-electron chi connectivity index (χ2n) is 4.19. The van der Waals surface area contributed by atoms with Crippen molar-refractivity contribution in [3.63, 3.8) is 0 Å². The molecule has 0 aliphatic carbocycles. The molecule has 0 aromatic carbocycles. The number of anilines is 2. The van der Waals surface area contributed by atoms with Gasteiger partial charge in [0.25, 0.3) is 0 Å². The summed E-state index contributed by atoms with van der Waals surface area (Å²) in [6.45, 7) is 4.75. The number of ether oxygens (including phenoxy) is 1. The maximum atomic E-state index is 5.79. The number of nitrogens with zero attached hydrogens (tertiary/aromatic N) is 3. The summed E-state index contributed by atoms with van der Waals surface area (Å²) < 4.78 is 5.30. The number of aryl methyl sites for hydroxylation is 1. The van der Waals surface area contributed by atoms with Crippen molar-refractivity contribution in [2.24, 2.45) is 0 Å². The van der Waals surface area contributed by atoms with Gasteiger partial charge in [-0.15, -0.1) is 0 Å². The molecule has 1 aliphatic heterocycles. The molecule has 6 heteroatoms. The first kappa shape index (κ1) is 12.1. The van der Waals surface area contributed by atoms with Crippen LogP contribution in [-0.4, -0.2) is 47.7 Å². The van der Waals surface area contributed by atoms with Crippen molar-refractivity contribution in [3.8, 4) is 0 Å². The van der Waals surface area contributed by atoms with Gasteiger partial charge in [0, 0.05) is 13.1 Å². The molecule has 0 saturated carbocycles. The van der Waals surface area contributed by atoms with Gasteiger partial charge in [0.1, 0.15) is 0 Å². The van der Waals surface area contributed by atoms with E-state index in [-0.39, 0.29) is 0 Å². The minimum absolute atomic E-state index is 0.292. The van der Waals surface area contributed by atoms with E-state index >= 15 is 0 Å². The third kappa shape index (κ3) is 3.54. The lowest BCUT2D eigenvalue weighted by molar-refractivity contribution is 0.0374. The first-order valence-electron chi connectivity index (χ1n) is 5.92. The summed E-state index contributed by atoms with van der Waals surface area (Å²) in [5, 5.41) is 0. The van der Waals surface area contributed by atoms with Gasteiger partial charge < -0.3 is 16.2 Å². The Labute approximate surface area is 101 Å². The van der Waals surface area contributed by atoms with Crippen LogP contribution in [0.25, 0.3) is 0 Å². The van der Waals surface area contributed by atoms with Gasteiger partial charge in [-0.05, 0) is 19.4 Å². The summed E-state index contributed by atoms with van der Waals surface area (Å²) in [5.41, 5.74) is 12.8. The smallest absolute Gasteiger partial charge is 0.220 e. The molecule has 0 unspecified atom stereocenters. The number of rotatable bonds is 4. The van der Waals surface area contributed by atoms with Crippen molar-refractivity contribution >= 4 is 11.6 Å². The summed E-state index contributed by atoms with van der Waals surface area (Å²) in [4.78, 5) is 10.4. The predicted octanol–water partition coefficient (Wildman–Crippen LogP) is -0.0942. The van der Waals surface area contributed by atoms with Crippen LogP contribution in [-0.2, 0) is 11.2 Å². The maximum Gasteiger partial charge on any atom is 0.220 e. The third-order valence-electron chi connectivity index (χ3n) is 2.91. The van der Waals surface area contributed by atoms with Crippen molar-refractivity contribution in [2.75, 3.05) is 44.3 Å². The Bertz CT molecular complexity index is 365. The number of morpholine rings is 1. The molecule has 1 fully saturated rings. The average molecular weight is 237 g/mol. The maximum absolute atomic E-state index is 5.79. The number of nitrogen functional groups attached to an aromatic ring is 2. The van der Waals surface area contributed by atoms with Gasteiger partial charge >= 0.3 is 0 Å². The van der Waals surface area contributed by atoms with Crippen LogP contribution in [0.5, 0.6) is 0 Å². The molecule has 0 bridgehead atoms. The van der Waals surface area contributed by atoms with Crippen molar-refractivity contribution in [3.05, 3.63) is 11.9 Å². The molecule has 4 N–H and O–H groups in total. The predicted molar refractivity (Wildman–Crippen MR) is 66.4 cm³/mol. The fourth-order valence-corrected chi connectivity index (χ4v) is 1.94. The van der Waals surface area contributed by atoms with Gasteiger partial charge in [-0.1, -0.05) is 0 Å². The monoisotopic (exact) mass is 237 g/mol. The molecule has 94 valence electrons. The summed E-state index contributed by atoms with van der Waals surface area (Å²) in [6, 6.07) is 0. The van der Waals surface area contributed by atoms with Crippen molar-refractivity contribution in [2.45, 2.75) is 12.8 Å². The molecule has 0 amide bonds. The van der Waals surface area contributed by atoms with E-state index in [1.807, 2.05) is 0 Å². The van der Waals surface area contributed by atoms with Gasteiger partial charge in [0.2, 0.25) is 5.95 Å². The standard InChI is InChI=1S/C11H19N5O/c12-9-8-14-11(13)15-10(9)2-1-3-16-4-6-17-7-5-16/h8H,1-7,12H2,(H2,13,14,15). The van der Waals surface area contributed by atoms with Gasteiger partial charge in [0.05, 0.1) is 30.8 Å². The second-order valence-corrected chi connectivity index (χ2v) is 4.19. The lowest BCUT2D eigenvalue weighted by Gasteiger charge is -2.26. The van der Waals surface area contributed by atoms with Crippen LogP contribution in [0.2, 0.25) is 0 Å². The van der Waals surface area contributed by atoms with Crippen LogP contribution in [0, 0.1) is 0 Å². The molecule has 0 spiro atoms. The summed E-state index contributed by atoms with van der Waals surface area (Å²) in [5.74, 6) is 0.292. The molecular formula is C11H19N5O. The quantitative estimate of drug-likeness (QED) is 0.760. The van der Waals surface area contributed by atoms with Crippen LogP contribution >= 0.6 is 0 Å². The Morgan fingerprint density at radius 1 is 1.29 bits per heavy atom. The van der Waals surface area contributed by atoms with Crippen LogP contribution in [0.4, 0.5) is 11.6 Å². The highest BCUT2D eigenvalue weighted by molar-refractivity contribution is 5.42. The van der Waals surface area contributed by atoms with Crippen LogP contribution in [0.3, 0.4) is 0 Å². The van der Waals surface area contributed by atoms with Gasteiger partial charge in [0.15, 0.2) is 0 Å². The normalized spacial score (nSPS) is 17.2. The van der Waals surface area contributed by atoms with Crippen molar-refractivity contribution in [1.29, 1.82) is 0 Å². The summed E-state index contributed by atoms with van der Waals surface area (Å²) in [6.07, 6.45) is 3.45. The third-order valence-corrected chi connectivity index (χ3v) is 2.91. The molecule has 1 aromatic heterocycles. The molecule has 2 heterocycles. The largest absolute Gasteiger partial charge is 0.396 e. The Kier molecular flexibility index (Phi) is 4.11. The molecule has 0 radical (unpaired) electrons. The zero-order valence-electron chi connectivity index (χ0n) is 9.93. The highest BCUT2D eigenvalue weighted by Crippen LogP contribution is 2.11. The highest BCUT2D eigenvalue weighted by atomic mass is 16.5. The number of nitrogens with two attached hydrogens (primary N) is 2. The average Bonchev–Trinajstić information content (AvgIpc) is 2.35. The highest BCUT2D eigenvalue weighted by Gasteiger charge is 2.10. The molecule has 1 aliphatic rings. The van der Waals surface area contributed by atoms with E-state index in [2.05, 4.69) is 14.9 Å². The van der Waals surface area contributed by atoms with Gasteiger partial charge in [-0.2, -0.15) is 0 Å². The topological polar surface area (TPSA) is 90.3 Å². The number of hydrogen-bond donors (Lipinski definition) is 2. The summed E-state index contributed by atoms with van der Waals surface area (Å²) in [7, 11) is 0. The lowest BCUT2D eigenvalue weighted by atomic mass is 10.2. The molecule has 1 aromatic rings. The molecule has 17 heavy (non-hydrogen) atoms. The molecule has 2 rings (SSSR count). The van der Waals surface area contributed by atoms with Crippen LogP contribution < -0.4 is 11.5 Å². The number of hydrogen-bond acceptors (Lipinski definition) is 6. The van der Waals surface area contributed by atoms with E-state index in [1.54, 1.807) is 6.20 Å². The van der Waals surface area contributed by atoms with E-state index < -0.39 is 0 Å². The SMILES string of the molecule is Nc1ncc(N)c(CCCN2CCOCC2)n1. The van der Waals surface area contributed by atoms with E-state index in [0.717, 1.165) is 51.4 Å². The fourth-order valence-electron chi connectivity index (χ4n) is 1.94. The molecule has 0 atom stereocenters. The van der Waals surface area contributed by atoms with Crippen LogP contribution in [0.15, 0.2) is 6.20 Å². The van der Waals surface area contributed by atoms with E-state index in [0.29, 0.717) is 11.6 Å². The van der Waals surface area contributed by atoms with E-state index in [1.165, 1.54) is 0 Å². The van der Waals surface area contributed by atoms with Gasteiger partial charge in [-0.3, -0.25) is 4.90 Å². The molecular weight excluding hydrogens is 218 g/mol. The number of aromatic nitrogens is 2. The minimum atomic E-state index is 0.292. The first-order valence-corrected chi connectivity index (χ1v) is 5.92. The van der Waals surface area contributed by atoms with Crippen molar-refractivity contribution in [1.82, 2.24) is 14.9 Å².